The number of hydrogen-bond donors (Lipinski definition) is 4. The number of nitrogens with zero attached hydrogens (tertiary/aromatic N) is 4. The second-order valence-corrected chi connectivity index (χ2v) is 21.5. The van der Waals surface area contributed by atoms with Gasteiger partial charge in [-0.2, -0.15) is 0 Å². The van der Waals surface area contributed by atoms with Crippen LogP contribution in [0.3, 0.4) is 0 Å². The molecule has 1 saturated heterocycles. The Morgan fingerprint density at radius 1 is 0.827 bits per heavy atom. The lowest BCUT2D eigenvalue weighted by atomic mass is 9.71. The van der Waals surface area contributed by atoms with Gasteiger partial charge in [0.05, 0.1) is 11.7 Å². The van der Waals surface area contributed by atoms with Crippen molar-refractivity contribution >= 4 is 69.4 Å². The van der Waals surface area contributed by atoms with Gasteiger partial charge >= 0.3 is 12.1 Å². The second kappa shape index (κ2) is 22.8. The molecule has 4 heterocycles. The van der Waals surface area contributed by atoms with Crippen molar-refractivity contribution in [2.75, 3.05) is 19.0 Å². The quantitative estimate of drug-likeness (QED) is 0.0278. The van der Waals surface area contributed by atoms with Crippen LogP contribution in [0.5, 0.6) is 0 Å². The summed E-state index contributed by atoms with van der Waals surface area (Å²) in [5.74, 6) is -3.66. The van der Waals surface area contributed by atoms with Crippen molar-refractivity contribution < 1.29 is 33.9 Å². The van der Waals surface area contributed by atoms with Gasteiger partial charge in [-0.05, 0) is 67.1 Å². The number of halogens is 1. The zero-order valence-corrected chi connectivity index (χ0v) is 43.9. The van der Waals surface area contributed by atoms with Crippen LogP contribution in [0, 0.1) is 5.92 Å². The number of rotatable bonds is 18. The van der Waals surface area contributed by atoms with E-state index in [1.54, 1.807) is 33.0 Å². The molecule has 382 valence electrons. The van der Waals surface area contributed by atoms with E-state index in [0.717, 1.165) is 39.2 Å². The number of benzene rings is 5. The van der Waals surface area contributed by atoms with Gasteiger partial charge < -0.3 is 30.6 Å². The average Bonchev–Trinajstić information content (AvgIpc) is 3.78. The molecular formula is C58H54ClN7O7S2. The van der Waals surface area contributed by atoms with E-state index in [1.807, 2.05) is 158 Å². The molecule has 0 saturated carbocycles. The van der Waals surface area contributed by atoms with E-state index in [9.17, 15) is 24.3 Å². The van der Waals surface area contributed by atoms with Crippen molar-refractivity contribution in [3.05, 3.63) is 224 Å². The first-order valence-corrected chi connectivity index (χ1v) is 26.3. The Labute approximate surface area is 448 Å². The van der Waals surface area contributed by atoms with Crippen LogP contribution in [0.2, 0.25) is 4.34 Å². The Morgan fingerprint density at radius 2 is 1.37 bits per heavy atom. The lowest BCUT2D eigenvalue weighted by Crippen LogP contribution is -2.72. The third kappa shape index (κ3) is 11.2. The summed E-state index contributed by atoms with van der Waals surface area (Å²) in [6, 6.07) is 51.1. The first kappa shape index (κ1) is 52.1. The van der Waals surface area contributed by atoms with Crippen LogP contribution in [0.1, 0.15) is 72.3 Å². The van der Waals surface area contributed by atoms with Gasteiger partial charge in [-0.25, -0.2) is 14.6 Å². The number of aromatic nitrogens is 2. The number of anilines is 1. The molecular weight excluding hydrogens is 1010 g/mol. The SMILES string of the molecule is CON=C(C(=O)N[C@@H]1C(=O)N2C(C(=O)O)=C(Sc3cccnc3CCNC(=O)OC(C)(C)C)C(C(c3ccccc3)c3ccccc3)C[C@H]12)c1nc(NC(c2ccccc2)(c2ccccc2)c2ccccc2)sc1Cl. The molecule has 1 unspecified atom stereocenters. The summed E-state index contributed by atoms with van der Waals surface area (Å²) in [5.41, 5.74) is 3.12. The fourth-order valence-corrected chi connectivity index (χ4v) is 12.3. The molecule has 4 N–H and O–H groups in total. The van der Waals surface area contributed by atoms with Crippen LogP contribution < -0.4 is 16.0 Å². The molecule has 0 spiro atoms. The first-order chi connectivity index (χ1) is 36.3. The number of hydrogen-bond acceptors (Lipinski definition) is 12. The molecule has 14 nitrogen and oxygen atoms in total. The molecule has 7 aromatic rings. The standard InChI is InChI=1S/C58H54ClN7O7S2/c1-57(2,3)73-56(71)61-34-32-42-44(31-20-33-60-42)74-50-41(45(36-21-10-5-11-22-36)37-23-12-6-13-24-37)35-43-46(53(68)66(43)49(50)54(69)70)62-52(67)48(65-72-4)47-51(59)75-55(63-47)64-58(38-25-14-7-15-26-38,39-27-16-8-17-28-39)40-29-18-9-19-30-40/h5-31,33,41,43,45-46H,32,34-35H2,1-4H3,(H,61,71)(H,62,67)(H,63,64)(H,69,70)/t41?,43-,46+/m1/s1. The average molecular weight is 1060 g/mol. The number of carbonyl (C=O) groups excluding carboxylic acids is 3. The molecule has 9 rings (SSSR count). The molecule has 0 aliphatic carbocycles. The molecule has 75 heavy (non-hydrogen) atoms. The molecule has 2 aliphatic heterocycles. The summed E-state index contributed by atoms with van der Waals surface area (Å²) in [4.78, 5) is 72.8. The van der Waals surface area contributed by atoms with Gasteiger partial charge in [-0.15, -0.1) is 0 Å². The number of fused-ring (bicyclic) bond motifs is 1. The van der Waals surface area contributed by atoms with Crippen molar-refractivity contribution in [1.82, 2.24) is 25.5 Å². The van der Waals surface area contributed by atoms with Crippen molar-refractivity contribution in [3.63, 3.8) is 0 Å². The van der Waals surface area contributed by atoms with E-state index in [0.29, 0.717) is 27.0 Å². The number of ether oxygens (including phenoxy) is 1. The number of carbonyl (C=O) groups is 4. The number of allylic oxidation sites excluding steroid dienone is 1. The smallest absolute Gasteiger partial charge is 0.407 e. The van der Waals surface area contributed by atoms with Crippen LogP contribution in [0.4, 0.5) is 9.93 Å². The summed E-state index contributed by atoms with van der Waals surface area (Å²) in [7, 11) is 1.29. The van der Waals surface area contributed by atoms with Gasteiger partial charge in [0.1, 0.15) is 40.0 Å². The Morgan fingerprint density at radius 3 is 1.89 bits per heavy atom. The van der Waals surface area contributed by atoms with Gasteiger partial charge in [0.15, 0.2) is 10.8 Å². The fourth-order valence-electron chi connectivity index (χ4n) is 9.83. The third-order valence-corrected chi connectivity index (χ3v) is 15.4. The maximum Gasteiger partial charge on any atom is 0.407 e. The number of alkyl carbamates (subject to hydrolysis) is 1. The monoisotopic (exact) mass is 1060 g/mol. The molecule has 3 atom stereocenters. The number of pyridine rings is 1. The number of nitrogens with one attached hydrogen (secondary N) is 3. The normalized spacial score (nSPS) is 16.7. The highest BCUT2D eigenvalue weighted by Crippen LogP contribution is 2.53. The van der Waals surface area contributed by atoms with E-state index in [4.69, 9.17) is 26.2 Å². The highest BCUT2D eigenvalue weighted by atomic mass is 35.5. The number of oxime groups is 1. The number of thioether (sulfide) groups is 1. The van der Waals surface area contributed by atoms with Crippen LogP contribution in [-0.2, 0) is 35.9 Å². The molecule has 0 bridgehead atoms. The summed E-state index contributed by atoms with van der Waals surface area (Å²) < 4.78 is 5.57. The predicted molar refractivity (Wildman–Crippen MR) is 292 cm³/mol. The van der Waals surface area contributed by atoms with Crippen molar-refractivity contribution in [2.24, 2.45) is 11.1 Å². The minimum Gasteiger partial charge on any atom is -0.477 e. The van der Waals surface area contributed by atoms with E-state index < -0.39 is 58.9 Å². The second-order valence-electron chi connectivity index (χ2n) is 18.9. The third-order valence-electron chi connectivity index (χ3n) is 13.0. The van der Waals surface area contributed by atoms with Crippen LogP contribution in [-0.4, -0.2) is 80.9 Å². The van der Waals surface area contributed by atoms with Gasteiger partial charge in [0, 0.05) is 40.8 Å². The van der Waals surface area contributed by atoms with Gasteiger partial charge in [-0.3, -0.25) is 19.5 Å². The molecule has 1 fully saturated rings. The predicted octanol–water partition coefficient (Wildman–Crippen LogP) is 10.6. The lowest BCUT2D eigenvalue weighted by Gasteiger charge is -2.53. The fraction of sp³-hybridized carbons (Fsp3) is 0.224. The summed E-state index contributed by atoms with van der Waals surface area (Å²) in [5, 5.41) is 25.1. The van der Waals surface area contributed by atoms with Crippen LogP contribution >= 0.6 is 34.7 Å². The number of carboxylic acid groups (broad SMARTS) is 1. The van der Waals surface area contributed by atoms with Crippen molar-refractivity contribution in [3.8, 4) is 0 Å². The zero-order chi connectivity index (χ0) is 52.7. The highest BCUT2D eigenvalue weighted by molar-refractivity contribution is 8.03. The van der Waals surface area contributed by atoms with Crippen molar-refractivity contribution in [2.45, 2.75) is 67.6 Å². The van der Waals surface area contributed by atoms with E-state index in [-0.39, 0.29) is 34.4 Å². The minimum absolute atomic E-state index is 0.0170. The van der Waals surface area contributed by atoms with Crippen LogP contribution in [0.25, 0.3) is 0 Å². The molecule has 2 aromatic heterocycles. The van der Waals surface area contributed by atoms with Gasteiger partial charge in [-0.1, -0.05) is 192 Å². The maximum atomic E-state index is 14.7. The minimum atomic E-state index is -1.31. The van der Waals surface area contributed by atoms with E-state index >= 15 is 0 Å². The Hall–Kier alpha value is -7.79. The Bertz CT molecular complexity index is 3100. The van der Waals surface area contributed by atoms with Crippen LogP contribution in [0.15, 0.2) is 191 Å². The van der Waals surface area contributed by atoms with Gasteiger partial charge in [0.25, 0.3) is 11.8 Å². The van der Waals surface area contributed by atoms with E-state index in [1.165, 1.54) is 23.8 Å². The number of thiazole rings is 1. The first-order valence-electron chi connectivity index (χ1n) is 24.3. The molecule has 3 amide bonds. The molecule has 0 radical (unpaired) electrons. The number of amides is 3. The Kier molecular flexibility index (Phi) is 15.8. The lowest BCUT2D eigenvalue weighted by molar-refractivity contribution is -0.156. The number of β-lactam (4-membered cyclic amide) rings is 1. The Balaban J connectivity index is 1.06. The maximum absolute atomic E-state index is 14.7. The summed E-state index contributed by atoms with van der Waals surface area (Å²) in [6.07, 6.45) is 1.63. The topological polar surface area (TPSA) is 184 Å². The molecule has 5 aromatic carbocycles. The summed E-state index contributed by atoms with van der Waals surface area (Å²) in [6.45, 7) is 5.55. The number of aliphatic carboxylic acids is 1. The van der Waals surface area contributed by atoms with E-state index in [2.05, 4.69) is 26.1 Å². The highest BCUT2D eigenvalue weighted by Gasteiger charge is 2.57. The van der Waals surface area contributed by atoms with Crippen molar-refractivity contribution in [1.29, 1.82) is 0 Å². The summed E-state index contributed by atoms with van der Waals surface area (Å²) >= 11 is 9.37. The largest absolute Gasteiger partial charge is 0.477 e. The zero-order valence-electron chi connectivity index (χ0n) is 41.5. The molecule has 17 heteroatoms. The number of carboxylic acids is 1. The van der Waals surface area contributed by atoms with Gasteiger partial charge in [0.2, 0.25) is 0 Å². The molecule has 2 aliphatic rings.